The molecule has 1 fully saturated rings. The van der Waals surface area contributed by atoms with Gasteiger partial charge >= 0.3 is 0 Å². The van der Waals surface area contributed by atoms with Crippen molar-refractivity contribution in [3.05, 3.63) is 22.4 Å². The van der Waals surface area contributed by atoms with Gasteiger partial charge in [0.25, 0.3) is 5.91 Å². The zero-order valence-electron chi connectivity index (χ0n) is 10.3. The number of carbonyl (C=O) groups is 1. The van der Waals surface area contributed by atoms with Crippen LogP contribution in [-0.4, -0.2) is 61.3 Å². The number of carbonyl (C=O) groups excluding carboxylic acids is 1. The van der Waals surface area contributed by atoms with Crippen LogP contribution in [0.25, 0.3) is 0 Å². The molecule has 2 heterocycles. The van der Waals surface area contributed by atoms with Crippen molar-refractivity contribution in [2.45, 2.75) is 0 Å². The van der Waals surface area contributed by atoms with Crippen molar-refractivity contribution in [2.24, 2.45) is 0 Å². The molecular formula is C11H15ClN2O3S2. The third kappa shape index (κ3) is 3.47. The lowest BCUT2D eigenvalue weighted by molar-refractivity contribution is 0.0698. The summed E-state index contributed by atoms with van der Waals surface area (Å²) in [5, 5.41) is 3.66. The molecule has 0 bridgehead atoms. The summed E-state index contributed by atoms with van der Waals surface area (Å²) in [4.78, 5) is 13.8. The van der Waals surface area contributed by atoms with E-state index in [2.05, 4.69) is 0 Å². The fourth-order valence-corrected chi connectivity index (χ4v) is 4.35. The van der Waals surface area contributed by atoms with Gasteiger partial charge in [-0.1, -0.05) is 0 Å². The minimum Gasteiger partial charge on any atom is -0.336 e. The molecule has 0 unspecified atom stereocenters. The topological polar surface area (TPSA) is 57.7 Å². The van der Waals surface area contributed by atoms with E-state index >= 15 is 0 Å². The van der Waals surface area contributed by atoms with Crippen molar-refractivity contribution < 1.29 is 13.2 Å². The molecule has 0 saturated carbocycles. The minimum atomic E-state index is -3.27. The molecule has 0 aromatic carbocycles. The standard InChI is InChI=1S/C11H15ClN2O3S2/c12-2-8-19(16,17)14-5-3-13(4-6-14)11(15)10-1-7-18-9-10/h1,7,9H,2-6,8H2. The van der Waals surface area contributed by atoms with Crippen LogP contribution in [0.15, 0.2) is 16.8 Å². The van der Waals surface area contributed by atoms with Crippen molar-refractivity contribution in [3.8, 4) is 0 Å². The molecule has 1 amide bonds. The summed E-state index contributed by atoms with van der Waals surface area (Å²) in [5.74, 6) is 0.0132. The number of rotatable bonds is 4. The van der Waals surface area contributed by atoms with Crippen molar-refractivity contribution in [1.82, 2.24) is 9.21 Å². The molecule has 19 heavy (non-hydrogen) atoms. The number of thiophene rings is 1. The molecular weight excluding hydrogens is 308 g/mol. The summed E-state index contributed by atoms with van der Waals surface area (Å²) in [6.45, 7) is 1.54. The van der Waals surface area contributed by atoms with Crippen LogP contribution in [0.2, 0.25) is 0 Å². The molecule has 2 rings (SSSR count). The van der Waals surface area contributed by atoms with Gasteiger partial charge in [0.2, 0.25) is 10.0 Å². The first-order chi connectivity index (χ1) is 9.04. The van der Waals surface area contributed by atoms with E-state index in [9.17, 15) is 13.2 Å². The Bertz CT molecular complexity index is 522. The second-order valence-corrected chi connectivity index (χ2v) is 7.45. The van der Waals surface area contributed by atoms with Crippen LogP contribution in [0, 0.1) is 0 Å². The van der Waals surface area contributed by atoms with Crippen LogP contribution >= 0.6 is 22.9 Å². The Morgan fingerprint density at radius 1 is 1.32 bits per heavy atom. The minimum absolute atomic E-state index is 0.0318. The monoisotopic (exact) mass is 322 g/mol. The maximum absolute atomic E-state index is 12.1. The van der Waals surface area contributed by atoms with Gasteiger partial charge in [-0.25, -0.2) is 8.42 Å². The summed E-state index contributed by atoms with van der Waals surface area (Å²) in [7, 11) is -3.27. The van der Waals surface area contributed by atoms with Crippen molar-refractivity contribution >= 4 is 38.9 Å². The SMILES string of the molecule is O=C(c1ccsc1)N1CCN(S(=O)(=O)CCCl)CC1. The van der Waals surface area contributed by atoms with E-state index in [0.717, 1.165) is 0 Å². The first kappa shape index (κ1) is 14.8. The molecule has 1 aliphatic heterocycles. The number of halogens is 1. The smallest absolute Gasteiger partial charge is 0.254 e. The normalized spacial score (nSPS) is 17.6. The molecule has 1 saturated heterocycles. The first-order valence-electron chi connectivity index (χ1n) is 5.90. The molecule has 8 heteroatoms. The van der Waals surface area contributed by atoms with Gasteiger partial charge in [0.15, 0.2) is 0 Å². The molecule has 0 atom stereocenters. The zero-order chi connectivity index (χ0) is 13.9. The number of hydrogen-bond acceptors (Lipinski definition) is 4. The van der Waals surface area contributed by atoms with E-state index in [1.54, 1.807) is 16.3 Å². The van der Waals surface area contributed by atoms with E-state index in [1.165, 1.54) is 15.6 Å². The highest BCUT2D eigenvalue weighted by molar-refractivity contribution is 7.89. The van der Waals surface area contributed by atoms with Crippen LogP contribution < -0.4 is 0 Å². The van der Waals surface area contributed by atoms with E-state index < -0.39 is 10.0 Å². The van der Waals surface area contributed by atoms with Gasteiger partial charge in [-0.2, -0.15) is 15.6 Å². The van der Waals surface area contributed by atoms with E-state index in [-0.39, 0.29) is 17.5 Å². The third-order valence-corrected chi connectivity index (χ3v) is 5.99. The fourth-order valence-electron chi connectivity index (χ4n) is 1.96. The largest absolute Gasteiger partial charge is 0.336 e. The second-order valence-electron chi connectivity index (χ2n) is 4.21. The number of piperazine rings is 1. The van der Waals surface area contributed by atoms with Gasteiger partial charge in [-0.15, -0.1) is 11.6 Å². The van der Waals surface area contributed by atoms with E-state index in [4.69, 9.17) is 11.6 Å². The highest BCUT2D eigenvalue weighted by Crippen LogP contribution is 2.13. The van der Waals surface area contributed by atoms with Gasteiger partial charge in [0, 0.05) is 37.4 Å². The zero-order valence-corrected chi connectivity index (χ0v) is 12.7. The molecule has 0 aliphatic carbocycles. The van der Waals surface area contributed by atoms with Gasteiger partial charge in [-0.05, 0) is 11.4 Å². The van der Waals surface area contributed by atoms with Crippen molar-refractivity contribution in [2.75, 3.05) is 37.8 Å². The van der Waals surface area contributed by atoms with Crippen molar-refractivity contribution in [3.63, 3.8) is 0 Å². The van der Waals surface area contributed by atoms with Crippen LogP contribution in [-0.2, 0) is 10.0 Å². The Morgan fingerprint density at radius 2 is 2.00 bits per heavy atom. The van der Waals surface area contributed by atoms with Crippen LogP contribution in [0.4, 0.5) is 0 Å². The highest BCUT2D eigenvalue weighted by Gasteiger charge is 2.28. The Morgan fingerprint density at radius 3 is 2.53 bits per heavy atom. The molecule has 1 aromatic rings. The lowest BCUT2D eigenvalue weighted by Gasteiger charge is -2.33. The number of amides is 1. The highest BCUT2D eigenvalue weighted by atomic mass is 35.5. The van der Waals surface area contributed by atoms with Crippen LogP contribution in [0.3, 0.4) is 0 Å². The molecule has 1 aliphatic rings. The quantitative estimate of drug-likeness (QED) is 0.779. The summed E-state index contributed by atoms with van der Waals surface area (Å²) in [6, 6.07) is 1.78. The average molecular weight is 323 g/mol. The summed E-state index contributed by atoms with van der Waals surface area (Å²) < 4.78 is 25.1. The lowest BCUT2D eigenvalue weighted by atomic mass is 10.2. The Kier molecular flexibility index (Phi) is 4.83. The number of nitrogens with zero attached hydrogens (tertiary/aromatic N) is 2. The average Bonchev–Trinajstić information content (AvgIpc) is 2.92. The van der Waals surface area contributed by atoms with Crippen LogP contribution in [0.5, 0.6) is 0 Å². The van der Waals surface area contributed by atoms with Crippen LogP contribution in [0.1, 0.15) is 10.4 Å². The Labute approximate surface area is 121 Å². The maximum atomic E-state index is 12.1. The van der Waals surface area contributed by atoms with Gasteiger partial charge in [-0.3, -0.25) is 4.79 Å². The van der Waals surface area contributed by atoms with E-state index in [0.29, 0.717) is 31.7 Å². The summed E-state index contributed by atoms with van der Waals surface area (Å²) >= 11 is 6.96. The second kappa shape index (κ2) is 6.21. The van der Waals surface area contributed by atoms with Gasteiger partial charge in [0.1, 0.15) is 0 Å². The number of alkyl halides is 1. The molecule has 106 valence electrons. The lowest BCUT2D eigenvalue weighted by Crippen LogP contribution is -2.51. The Hall–Kier alpha value is -0.630. The molecule has 0 N–H and O–H groups in total. The molecule has 0 spiro atoms. The molecule has 0 radical (unpaired) electrons. The predicted octanol–water partition coefficient (Wildman–Crippen LogP) is 1.07. The van der Waals surface area contributed by atoms with Crippen molar-refractivity contribution in [1.29, 1.82) is 0 Å². The fraction of sp³-hybridized carbons (Fsp3) is 0.545. The Balaban J connectivity index is 1.94. The number of hydrogen-bond donors (Lipinski definition) is 0. The first-order valence-corrected chi connectivity index (χ1v) is 8.98. The predicted molar refractivity (Wildman–Crippen MR) is 76.3 cm³/mol. The van der Waals surface area contributed by atoms with E-state index in [1.807, 2.05) is 5.38 Å². The van der Waals surface area contributed by atoms with Gasteiger partial charge in [0.05, 0.1) is 11.3 Å². The maximum Gasteiger partial charge on any atom is 0.254 e. The summed E-state index contributed by atoms with van der Waals surface area (Å²) in [5.41, 5.74) is 0.669. The third-order valence-electron chi connectivity index (χ3n) is 3.02. The number of sulfonamides is 1. The summed E-state index contributed by atoms with van der Waals surface area (Å²) in [6.07, 6.45) is 0. The molecule has 5 nitrogen and oxygen atoms in total. The van der Waals surface area contributed by atoms with Gasteiger partial charge < -0.3 is 4.90 Å². The molecule has 1 aromatic heterocycles.